The number of methoxy groups -OCH3 is 1. The third kappa shape index (κ3) is 2.23. The van der Waals surface area contributed by atoms with E-state index in [0.29, 0.717) is 11.6 Å². The normalized spacial score (nSPS) is 11.8. The fourth-order valence-electron chi connectivity index (χ4n) is 2.10. The number of rotatable bonds is 3. The summed E-state index contributed by atoms with van der Waals surface area (Å²) < 4.78 is 6.82. The predicted molar refractivity (Wildman–Crippen MR) is 72.7 cm³/mol. The first-order valence-electron chi connectivity index (χ1n) is 5.77. The molecule has 0 radical (unpaired) electrons. The summed E-state index contributed by atoms with van der Waals surface area (Å²) in [5, 5.41) is 1.70. The summed E-state index contributed by atoms with van der Waals surface area (Å²) in [7, 11) is 1.41. The highest BCUT2D eigenvalue weighted by molar-refractivity contribution is 6.35. The maximum Gasteiger partial charge on any atom is 0.313 e. The highest BCUT2D eigenvalue weighted by Crippen LogP contribution is 2.29. The van der Waals surface area contributed by atoms with Gasteiger partial charge in [0.25, 0.3) is 0 Å². The molecule has 0 aliphatic rings. The van der Waals surface area contributed by atoms with Crippen LogP contribution < -0.4 is 0 Å². The highest BCUT2D eigenvalue weighted by Gasteiger charge is 2.29. The van der Waals surface area contributed by atoms with Gasteiger partial charge in [-0.05, 0) is 19.9 Å². The number of hydrogen-bond acceptors (Lipinski definition) is 2. The van der Waals surface area contributed by atoms with Gasteiger partial charge in [-0.1, -0.05) is 29.8 Å². The topological polar surface area (TPSA) is 31.2 Å². The monoisotopic (exact) mass is 265 g/mol. The van der Waals surface area contributed by atoms with Crippen molar-refractivity contribution in [2.24, 2.45) is 5.41 Å². The van der Waals surface area contributed by atoms with E-state index in [0.717, 1.165) is 10.9 Å². The highest BCUT2D eigenvalue weighted by atomic mass is 35.5. The van der Waals surface area contributed by atoms with E-state index in [1.54, 1.807) is 0 Å². The van der Waals surface area contributed by atoms with Crippen LogP contribution >= 0.6 is 11.6 Å². The Kier molecular flexibility index (Phi) is 3.35. The van der Waals surface area contributed by atoms with Gasteiger partial charge in [0.1, 0.15) is 0 Å². The summed E-state index contributed by atoms with van der Waals surface area (Å²) in [5.41, 5.74) is 0.444. The zero-order chi connectivity index (χ0) is 13.3. The maximum atomic E-state index is 11.7. The van der Waals surface area contributed by atoms with Crippen molar-refractivity contribution in [3.05, 3.63) is 35.5 Å². The first-order chi connectivity index (χ1) is 8.45. The van der Waals surface area contributed by atoms with E-state index in [1.165, 1.54) is 7.11 Å². The van der Waals surface area contributed by atoms with E-state index in [4.69, 9.17) is 16.3 Å². The molecule has 0 unspecified atom stereocenters. The molecule has 0 saturated carbocycles. The molecule has 1 aromatic heterocycles. The Morgan fingerprint density at radius 1 is 1.39 bits per heavy atom. The molecule has 1 heterocycles. The molecule has 2 aromatic rings. The standard InChI is InChI=1S/C14H16ClNO2/c1-14(2,13(17)18-3)9-16-8-11(15)10-6-4-5-7-12(10)16/h4-8H,9H2,1-3H3. The third-order valence-electron chi connectivity index (χ3n) is 3.04. The van der Waals surface area contributed by atoms with Gasteiger partial charge < -0.3 is 9.30 Å². The van der Waals surface area contributed by atoms with Gasteiger partial charge in [-0.3, -0.25) is 4.79 Å². The molecule has 0 spiro atoms. The van der Waals surface area contributed by atoms with Crippen molar-refractivity contribution in [1.82, 2.24) is 4.57 Å². The number of nitrogens with zero attached hydrogens (tertiary/aromatic N) is 1. The minimum absolute atomic E-state index is 0.226. The first kappa shape index (κ1) is 13.0. The summed E-state index contributed by atoms with van der Waals surface area (Å²) in [5.74, 6) is -0.226. The Morgan fingerprint density at radius 2 is 2.06 bits per heavy atom. The van der Waals surface area contributed by atoms with Crippen LogP contribution in [0.25, 0.3) is 10.9 Å². The molecule has 0 N–H and O–H groups in total. The van der Waals surface area contributed by atoms with Crippen LogP contribution in [0.5, 0.6) is 0 Å². The lowest BCUT2D eigenvalue weighted by Gasteiger charge is -2.22. The average Bonchev–Trinajstić information content (AvgIpc) is 2.65. The average molecular weight is 266 g/mol. The summed E-state index contributed by atoms with van der Waals surface area (Å²) in [6.45, 7) is 4.26. The molecule has 0 fully saturated rings. The molecule has 4 heteroatoms. The molecule has 18 heavy (non-hydrogen) atoms. The van der Waals surface area contributed by atoms with Gasteiger partial charge in [0.2, 0.25) is 0 Å². The number of aromatic nitrogens is 1. The summed E-state index contributed by atoms with van der Waals surface area (Å²) in [6.07, 6.45) is 1.86. The van der Waals surface area contributed by atoms with Gasteiger partial charge in [0.15, 0.2) is 0 Å². The van der Waals surface area contributed by atoms with E-state index in [-0.39, 0.29) is 5.97 Å². The second-order valence-corrected chi connectivity index (χ2v) is 5.40. The van der Waals surface area contributed by atoms with Crippen molar-refractivity contribution in [1.29, 1.82) is 0 Å². The summed E-state index contributed by atoms with van der Waals surface area (Å²) in [6, 6.07) is 7.87. The Labute approximate surface area is 111 Å². The number of benzene rings is 1. The molecule has 0 aliphatic carbocycles. The molecular weight excluding hydrogens is 250 g/mol. The van der Waals surface area contributed by atoms with Gasteiger partial charge in [-0.2, -0.15) is 0 Å². The fraction of sp³-hybridized carbons (Fsp3) is 0.357. The summed E-state index contributed by atoms with van der Waals surface area (Å²) in [4.78, 5) is 11.7. The van der Waals surface area contributed by atoms with Crippen molar-refractivity contribution in [3.63, 3.8) is 0 Å². The van der Waals surface area contributed by atoms with Crippen LogP contribution in [0.15, 0.2) is 30.5 Å². The molecule has 2 rings (SSSR count). The molecule has 0 bridgehead atoms. The van der Waals surface area contributed by atoms with Crippen LogP contribution in [0.4, 0.5) is 0 Å². The van der Waals surface area contributed by atoms with Gasteiger partial charge in [-0.15, -0.1) is 0 Å². The Bertz CT molecular complexity index is 586. The van der Waals surface area contributed by atoms with Crippen molar-refractivity contribution in [2.45, 2.75) is 20.4 Å². The molecule has 96 valence electrons. The molecule has 0 saturated heterocycles. The van der Waals surface area contributed by atoms with Gasteiger partial charge in [0, 0.05) is 23.6 Å². The van der Waals surface area contributed by atoms with Crippen LogP contribution in [-0.2, 0) is 16.1 Å². The van der Waals surface area contributed by atoms with Crippen molar-refractivity contribution >= 4 is 28.5 Å². The lowest BCUT2D eigenvalue weighted by Crippen LogP contribution is -2.30. The number of hydrogen-bond donors (Lipinski definition) is 0. The largest absolute Gasteiger partial charge is 0.469 e. The maximum absolute atomic E-state index is 11.7. The van der Waals surface area contributed by atoms with E-state index < -0.39 is 5.41 Å². The van der Waals surface area contributed by atoms with E-state index in [2.05, 4.69) is 0 Å². The van der Waals surface area contributed by atoms with Crippen LogP contribution in [-0.4, -0.2) is 17.6 Å². The van der Waals surface area contributed by atoms with Crippen molar-refractivity contribution in [3.8, 4) is 0 Å². The minimum Gasteiger partial charge on any atom is -0.469 e. The van der Waals surface area contributed by atoms with Crippen LogP contribution in [0.1, 0.15) is 13.8 Å². The lowest BCUT2D eigenvalue weighted by atomic mass is 9.93. The third-order valence-corrected chi connectivity index (χ3v) is 3.34. The van der Waals surface area contributed by atoms with Crippen LogP contribution in [0, 0.1) is 5.41 Å². The van der Waals surface area contributed by atoms with Crippen molar-refractivity contribution < 1.29 is 9.53 Å². The number of halogens is 1. The molecular formula is C14H16ClNO2. The Hall–Kier alpha value is -1.48. The first-order valence-corrected chi connectivity index (χ1v) is 6.15. The summed E-state index contributed by atoms with van der Waals surface area (Å²) >= 11 is 6.18. The number of carbonyl (C=O) groups is 1. The SMILES string of the molecule is COC(=O)C(C)(C)Cn1cc(Cl)c2ccccc21. The fourth-order valence-corrected chi connectivity index (χ4v) is 2.38. The van der Waals surface area contributed by atoms with E-state index >= 15 is 0 Å². The Morgan fingerprint density at radius 3 is 2.72 bits per heavy atom. The van der Waals surface area contributed by atoms with Crippen molar-refractivity contribution in [2.75, 3.05) is 7.11 Å². The number of ether oxygens (including phenoxy) is 1. The second-order valence-electron chi connectivity index (χ2n) is 5.00. The number of fused-ring (bicyclic) bond motifs is 1. The quantitative estimate of drug-likeness (QED) is 0.796. The molecule has 3 nitrogen and oxygen atoms in total. The number of esters is 1. The lowest BCUT2D eigenvalue weighted by molar-refractivity contribution is -0.151. The minimum atomic E-state index is -0.583. The molecule has 0 amide bonds. The molecule has 0 aliphatic heterocycles. The number of carbonyl (C=O) groups excluding carboxylic acids is 1. The number of para-hydroxylation sites is 1. The van der Waals surface area contributed by atoms with E-state index in [1.807, 2.05) is 48.9 Å². The molecule has 1 aromatic carbocycles. The van der Waals surface area contributed by atoms with Gasteiger partial charge in [-0.25, -0.2) is 0 Å². The van der Waals surface area contributed by atoms with Gasteiger partial charge >= 0.3 is 5.97 Å². The predicted octanol–water partition coefficient (Wildman–Crippen LogP) is 3.49. The zero-order valence-corrected chi connectivity index (χ0v) is 11.5. The molecule has 0 atom stereocenters. The second kappa shape index (κ2) is 4.65. The van der Waals surface area contributed by atoms with Gasteiger partial charge in [0.05, 0.1) is 17.5 Å². The van der Waals surface area contributed by atoms with Crippen LogP contribution in [0.2, 0.25) is 5.02 Å². The smallest absolute Gasteiger partial charge is 0.313 e. The Balaban J connectivity index is 2.41. The zero-order valence-electron chi connectivity index (χ0n) is 10.7. The van der Waals surface area contributed by atoms with E-state index in [9.17, 15) is 4.79 Å². The van der Waals surface area contributed by atoms with Crippen LogP contribution in [0.3, 0.4) is 0 Å².